The molecule has 1 saturated heterocycles. The second-order valence-electron chi connectivity index (χ2n) is 5.70. The summed E-state index contributed by atoms with van der Waals surface area (Å²) in [6.45, 7) is 7.78. The highest BCUT2D eigenvalue weighted by molar-refractivity contribution is 9.10. The Morgan fingerprint density at radius 2 is 2.12 bits per heavy atom. The molecule has 0 spiro atoms. The molecule has 1 aromatic heterocycles. The lowest BCUT2D eigenvalue weighted by molar-refractivity contribution is 0.117. The van der Waals surface area contributed by atoms with Crippen LogP contribution in [0.1, 0.15) is 38.8 Å². The number of nitrogens with two attached hydrogens (primary N) is 1. The van der Waals surface area contributed by atoms with E-state index in [1.807, 2.05) is 12.4 Å². The molecular weight excluding hydrogens is 278 g/mol. The number of likely N-dealkylation sites (tertiary alicyclic amines) is 1. The quantitative estimate of drug-likeness (QED) is 0.867. The third-order valence-electron chi connectivity index (χ3n) is 3.37. The summed E-state index contributed by atoms with van der Waals surface area (Å²) in [5.74, 6) is 0. The van der Waals surface area contributed by atoms with E-state index in [-0.39, 0.29) is 17.6 Å². The first-order chi connectivity index (χ1) is 7.89. The van der Waals surface area contributed by atoms with E-state index < -0.39 is 0 Å². The van der Waals surface area contributed by atoms with Gasteiger partial charge in [0.25, 0.3) is 0 Å². The van der Waals surface area contributed by atoms with Crippen LogP contribution in [0.15, 0.2) is 22.9 Å². The zero-order valence-electron chi connectivity index (χ0n) is 10.7. The molecule has 0 aromatic carbocycles. The van der Waals surface area contributed by atoms with E-state index in [9.17, 15) is 0 Å². The van der Waals surface area contributed by atoms with Gasteiger partial charge in [-0.2, -0.15) is 0 Å². The van der Waals surface area contributed by atoms with Crippen molar-refractivity contribution >= 4 is 15.9 Å². The highest BCUT2D eigenvalue weighted by atomic mass is 79.9. The SMILES string of the molecule is CC(C)(C)N1CCC(N)C1c1cncc(Br)c1. The van der Waals surface area contributed by atoms with Gasteiger partial charge in [-0.05, 0) is 54.8 Å². The average molecular weight is 298 g/mol. The van der Waals surface area contributed by atoms with Gasteiger partial charge in [0.15, 0.2) is 0 Å². The monoisotopic (exact) mass is 297 g/mol. The van der Waals surface area contributed by atoms with E-state index in [1.54, 1.807) is 0 Å². The molecule has 2 unspecified atom stereocenters. The van der Waals surface area contributed by atoms with Gasteiger partial charge in [0.2, 0.25) is 0 Å². The molecule has 2 rings (SSSR count). The molecule has 1 aromatic rings. The van der Waals surface area contributed by atoms with Crippen molar-refractivity contribution < 1.29 is 0 Å². The standard InChI is InChI=1S/C13H20BrN3/c1-13(2,3)17-5-4-11(15)12(17)9-6-10(14)8-16-7-9/h6-8,11-12H,4-5,15H2,1-3H3. The van der Waals surface area contributed by atoms with Crippen LogP contribution in [-0.4, -0.2) is 28.0 Å². The van der Waals surface area contributed by atoms with E-state index in [4.69, 9.17) is 5.73 Å². The van der Waals surface area contributed by atoms with Crippen LogP contribution in [0.5, 0.6) is 0 Å². The number of hydrogen-bond acceptors (Lipinski definition) is 3. The lowest BCUT2D eigenvalue weighted by atomic mass is 9.98. The predicted octanol–water partition coefficient (Wildman–Crippen LogP) is 2.72. The van der Waals surface area contributed by atoms with Gasteiger partial charge in [-0.1, -0.05) is 0 Å². The van der Waals surface area contributed by atoms with Gasteiger partial charge in [-0.3, -0.25) is 9.88 Å². The second-order valence-corrected chi connectivity index (χ2v) is 6.61. The van der Waals surface area contributed by atoms with E-state index in [0.717, 1.165) is 17.4 Å². The number of pyridine rings is 1. The van der Waals surface area contributed by atoms with Gasteiger partial charge in [0.1, 0.15) is 0 Å². The Bertz CT molecular complexity index is 400. The van der Waals surface area contributed by atoms with Gasteiger partial charge in [0.05, 0.1) is 6.04 Å². The van der Waals surface area contributed by atoms with Crippen molar-refractivity contribution in [1.29, 1.82) is 0 Å². The number of aromatic nitrogens is 1. The third kappa shape index (κ3) is 2.69. The van der Waals surface area contributed by atoms with Crippen LogP contribution in [0.25, 0.3) is 0 Å². The van der Waals surface area contributed by atoms with Crippen LogP contribution in [0.2, 0.25) is 0 Å². The van der Waals surface area contributed by atoms with Gasteiger partial charge in [0, 0.05) is 35.0 Å². The Labute approximate surface area is 112 Å². The largest absolute Gasteiger partial charge is 0.326 e. The molecule has 2 heterocycles. The molecule has 0 aliphatic carbocycles. The summed E-state index contributed by atoms with van der Waals surface area (Å²) in [4.78, 5) is 6.72. The van der Waals surface area contributed by atoms with Crippen LogP contribution in [0, 0.1) is 0 Å². The Kier molecular flexibility index (Phi) is 3.57. The summed E-state index contributed by atoms with van der Waals surface area (Å²) in [6, 6.07) is 2.60. The maximum Gasteiger partial charge on any atom is 0.0520 e. The summed E-state index contributed by atoms with van der Waals surface area (Å²) >= 11 is 3.48. The first kappa shape index (κ1) is 13.0. The summed E-state index contributed by atoms with van der Waals surface area (Å²) < 4.78 is 1.02. The van der Waals surface area contributed by atoms with Crippen molar-refractivity contribution in [2.24, 2.45) is 5.73 Å². The van der Waals surface area contributed by atoms with Crippen molar-refractivity contribution in [1.82, 2.24) is 9.88 Å². The minimum absolute atomic E-state index is 0.140. The Hall–Kier alpha value is -0.450. The van der Waals surface area contributed by atoms with Gasteiger partial charge >= 0.3 is 0 Å². The maximum atomic E-state index is 6.26. The fourth-order valence-electron chi connectivity index (χ4n) is 2.59. The van der Waals surface area contributed by atoms with Crippen molar-refractivity contribution in [2.75, 3.05) is 6.54 Å². The zero-order chi connectivity index (χ0) is 12.6. The fourth-order valence-corrected chi connectivity index (χ4v) is 2.97. The molecule has 3 nitrogen and oxygen atoms in total. The van der Waals surface area contributed by atoms with Crippen LogP contribution < -0.4 is 5.73 Å². The van der Waals surface area contributed by atoms with Crippen LogP contribution in [-0.2, 0) is 0 Å². The van der Waals surface area contributed by atoms with E-state index in [1.165, 1.54) is 5.56 Å². The molecule has 1 aliphatic heterocycles. The second kappa shape index (κ2) is 4.67. The van der Waals surface area contributed by atoms with Crippen LogP contribution in [0.3, 0.4) is 0 Å². The van der Waals surface area contributed by atoms with Gasteiger partial charge in [-0.25, -0.2) is 0 Å². The van der Waals surface area contributed by atoms with Crippen LogP contribution >= 0.6 is 15.9 Å². The molecule has 94 valence electrons. The molecule has 17 heavy (non-hydrogen) atoms. The van der Waals surface area contributed by atoms with E-state index in [2.05, 4.69) is 52.7 Å². The van der Waals surface area contributed by atoms with Crippen molar-refractivity contribution in [2.45, 2.75) is 44.8 Å². The smallest absolute Gasteiger partial charge is 0.0520 e. The molecule has 0 amide bonds. The lowest BCUT2D eigenvalue weighted by Gasteiger charge is -2.38. The van der Waals surface area contributed by atoms with Gasteiger partial charge in [-0.15, -0.1) is 0 Å². The summed E-state index contributed by atoms with van der Waals surface area (Å²) in [5, 5.41) is 0. The van der Waals surface area contributed by atoms with E-state index in [0.29, 0.717) is 0 Å². The van der Waals surface area contributed by atoms with Crippen molar-refractivity contribution in [3.63, 3.8) is 0 Å². The molecule has 0 radical (unpaired) electrons. The molecule has 1 aliphatic rings. The molecule has 1 fully saturated rings. The molecule has 4 heteroatoms. The van der Waals surface area contributed by atoms with Gasteiger partial charge < -0.3 is 5.73 Å². The topological polar surface area (TPSA) is 42.1 Å². The Morgan fingerprint density at radius 1 is 1.41 bits per heavy atom. The summed E-state index contributed by atoms with van der Waals surface area (Å²) in [5.41, 5.74) is 7.61. The van der Waals surface area contributed by atoms with Crippen molar-refractivity contribution in [3.8, 4) is 0 Å². The lowest BCUT2D eigenvalue weighted by Crippen LogP contribution is -2.43. The normalized spacial score (nSPS) is 26.4. The van der Waals surface area contributed by atoms with Crippen molar-refractivity contribution in [3.05, 3.63) is 28.5 Å². The molecule has 0 bridgehead atoms. The third-order valence-corrected chi connectivity index (χ3v) is 3.81. The Balaban J connectivity index is 2.34. The van der Waals surface area contributed by atoms with E-state index >= 15 is 0 Å². The maximum absolute atomic E-state index is 6.26. The summed E-state index contributed by atoms with van der Waals surface area (Å²) in [7, 11) is 0. The molecule has 2 N–H and O–H groups in total. The molecular formula is C13H20BrN3. The van der Waals surface area contributed by atoms with Crippen LogP contribution in [0.4, 0.5) is 0 Å². The summed E-state index contributed by atoms with van der Waals surface area (Å²) in [6.07, 6.45) is 4.79. The predicted molar refractivity (Wildman–Crippen MR) is 73.7 cm³/mol. The average Bonchev–Trinajstić information content (AvgIpc) is 2.59. The number of halogens is 1. The zero-order valence-corrected chi connectivity index (χ0v) is 12.2. The molecule has 2 atom stereocenters. The number of hydrogen-bond donors (Lipinski definition) is 1. The molecule has 0 saturated carbocycles. The highest BCUT2D eigenvalue weighted by Gasteiger charge is 2.38. The number of rotatable bonds is 1. The Morgan fingerprint density at radius 3 is 2.71 bits per heavy atom. The minimum Gasteiger partial charge on any atom is -0.326 e. The first-order valence-electron chi connectivity index (χ1n) is 6.02. The first-order valence-corrected chi connectivity index (χ1v) is 6.81. The highest BCUT2D eigenvalue weighted by Crippen LogP contribution is 2.36. The number of nitrogens with zero attached hydrogens (tertiary/aromatic N) is 2. The minimum atomic E-state index is 0.140. The fraction of sp³-hybridized carbons (Fsp3) is 0.615.